The van der Waals surface area contributed by atoms with Crippen molar-refractivity contribution >= 4 is 23.7 Å². The Bertz CT molecular complexity index is 1280. The average molecular weight is 631 g/mol. The lowest BCUT2D eigenvalue weighted by molar-refractivity contribution is -0.138. The Morgan fingerprint density at radius 3 is 2.02 bits per heavy atom. The summed E-state index contributed by atoms with van der Waals surface area (Å²) in [6, 6.07) is 20.3. The van der Waals surface area contributed by atoms with Crippen LogP contribution in [0.3, 0.4) is 0 Å². The Kier molecular flexibility index (Phi) is 18.3. The third-order valence-electron chi connectivity index (χ3n) is 6.84. The van der Waals surface area contributed by atoms with Crippen molar-refractivity contribution in [1.82, 2.24) is 0 Å². The maximum atomic E-state index is 11.2. The first-order valence-electron chi connectivity index (χ1n) is 14.6. The summed E-state index contributed by atoms with van der Waals surface area (Å²) < 4.78 is 17.8. The molecule has 0 heterocycles. The van der Waals surface area contributed by atoms with Crippen molar-refractivity contribution in [2.45, 2.75) is 69.6 Å². The molecular formula is C34H46O9S. The summed E-state index contributed by atoms with van der Waals surface area (Å²) in [5.41, 5.74) is 4.19. The second kappa shape index (κ2) is 21.1. The first kappa shape index (κ1) is 38.3. The van der Waals surface area contributed by atoms with E-state index in [1.165, 1.54) is 4.90 Å². The Balaban J connectivity index is 0.00000484. The molecule has 0 saturated heterocycles. The summed E-state index contributed by atoms with van der Waals surface area (Å²) in [6.07, 6.45) is 7.69. The molecule has 3 rings (SSSR count). The van der Waals surface area contributed by atoms with Crippen LogP contribution in [0.1, 0.15) is 63.0 Å². The number of carboxylic acids is 2. The van der Waals surface area contributed by atoms with Crippen molar-refractivity contribution in [3.63, 3.8) is 0 Å². The minimum atomic E-state index is -0.857. The molecular weight excluding hydrogens is 584 g/mol. The molecule has 44 heavy (non-hydrogen) atoms. The van der Waals surface area contributed by atoms with Gasteiger partial charge < -0.3 is 35.4 Å². The van der Waals surface area contributed by atoms with E-state index < -0.39 is 11.9 Å². The molecule has 0 aliphatic carbocycles. The number of ether oxygens (including phenoxy) is 3. The van der Waals surface area contributed by atoms with Gasteiger partial charge in [0, 0.05) is 23.8 Å². The third kappa shape index (κ3) is 13.3. The van der Waals surface area contributed by atoms with Gasteiger partial charge in [-0.3, -0.25) is 9.59 Å². The number of unbranched alkanes of at least 4 members (excludes halogenated alkanes) is 3. The first-order valence-corrected chi connectivity index (χ1v) is 15.8. The van der Waals surface area contributed by atoms with Crippen LogP contribution >= 0.6 is 11.8 Å². The first-order chi connectivity index (χ1) is 20.4. The number of carbonyl (C=O) groups is 2. The molecule has 0 saturated carbocycles. The molecule has 0 fully saturated rings. The fraction of sp³-hybridized carbons (Fsp3) is 0.412. The standard InChI is InChI=1S/C34H42O7S.2H2O/c1-3-39-28-22-27(25-14-16-30(42-2)17-15-25)23-29(24-28)40-20-7-5-4-6-10-26-11-8-12-32(31(26)18-19-34(37)38)41-21-9-13-33(35)36;;/h8,11-12,14-17,22-24H,3-7,9-10,13,18-21H2,1-2H3,(H,35,36)(H,37,38);2*1H2. The Morgan fingerprint density at radius 1 is 0.705 bits per heavy atom. The monoisotopic (exact) mass is 630 g/mol. The van der Waals surface area contributed by atoms with Crippen LogP contribution in [-0.4, -0.2) is 59.2 Å². The summed E-state index contributed by atoms with van der Waals surface area (Å²) in [5.74, 6) is 0.541. The molecule has 0 aliphatic rings. The van der Waals surface area contributed by atoms with Crippen molar-refractivity contribution in [1.29, 1.82) is 0 Å². The summed E-state index contributed by atoms with van der Waals surface area (Å²) in [4.78, 5) is 23.2. The van der Waals surface area contributed by atoms with E-state index >= 15 is 0 Å². The van der Waals surface area contributed by atoms with Crippen LogP contribution in [0.15, 0.2) is 65.6 Å². The number of aliphatic carboxylic acids is 2. The molecule has 3 aromatic rings. The molecule has 0 atom stereocenters. The van der Waals surface area contributed by atoms with Gasteiger partial charge in [0.2, 0.25) is 0 Å². The number of thioether (sulfide) groups is 1. The highest BCUT2D eigenvalue weighted by Gasteiger charge is 2.12. The van der Waals surface area contributed by atoms with Crippen molar-refractivity contribution in [3.05, 3.63) is 71.8 Å². The van der Waals surface area contributed by atoms with Gasteiger partial charge in [0.25, 0.3) is 0 Å². The molecule has 3 aromatic carbocycles. The predicted octanol–water partition coefficient (Wildman–Crippen LogP) is 6.27. The van der Waals surface area contributed by atoms with Gasteiger partial charge >= 0.3 is 11.9 Å². The Labute approximate surface area is 264 Å². The Morgan fingerprint density at radius 2 is 1.36 bits per heavy atom. The minimum Gasteiger partial charge on any atom is -0.494 e. The molecule has 0 spiro atoms. The molecule has 6 N–H and O–H groups in total. The zero-order valence-electron chi connectivity index (χ0n) is 25.6. The van der Waals surface area contributed by atoms with Crippen LogP contribution in [0.4, 0.5) is 0 Å². The van der Waals surface area contributed by atoms with Gasteiger partial charge in [0.05, 0.1) is 19.8 Å². The highest BCUT2D eigenvalue weighted by Crippen LogP contribution is 2.31. The van der Waals surface area contributed by atoms with Gasteiger partial charge in [-0.25, -0.2) is 0 Å². The van der Waals surface area contributed by atoms with Gasteiger partial charge in [-0.1, -0.05) is 37.1 Å². The number of aryl methyl sites for hydroxylation is 1. The second-order valence-corrected chi connectivity index (χ2v) is 10.9. The zero-order chi connectivity index (χ0) is 30.2. The van der Waals surface area contributed by atoms with E-state index in [0.717, 1.165) is 65.9 Å². The van der Waals surface area contributed by atoms with Gasteiger partial charge in [-0.05, 0) is 97.9 Å². The van der Waals surface area contributed by atoms with E-state index in [9.17, 15) is 14.7 Å². The highest BCUT2D eigenvalue weighted by molar-refractivity contribution is 7.98. The average Bonchev–Trinajstić information content (AvgIpc) is 2.98. The fourth-order valence-corrected chi connectivity index (χ4v) is 5.13. The second-order valence-electron chi connectivity index (χ2n) is 10.0. The fourth-order valence-electron chi connectivity index (χ4n) is 4.72. The van der Waals surface area contributed by atoms with E-state index in [1.54, 1.807) is 11.8 Å². The van der Waals surface area contributed by atoms with Crippen molar-refractivity contribution in [2.75, 3.05) is 26.1 Å². The van der Waals surface area contributed by atoms with Crippen molar-refractivity contribution < 1.29 is 45.0 Å². The molecule has 0 radical (unpaired) electrons. The molecule has 9 nitrogen and oxygen atoms in total. The van der Waals surface area contributed by atoms with Crippen LogP contribution < -0.4 is 14.2 Å². The maximum Gasteiger partial charge on any atom is 0.303 e. The molecule has 10 heteroatoms. The van der Waals surface area contributed by atoms with Crippen molar-refractivity contribution in [3.8, 4) is 28.4 Å². The van der Waals surface area contributed by atoms with Gasteiger partial charge in [-0.2, -0.15) is 0 Å². The van der Waals surface area contributed by atoms with E-state index in [-0.39, 0.29) is 30.4 Å². The minimum absolute atomic E-state index is 0. The van der Waals surface area contributed by atoms with E-state index in [4.69, 9.17) is 19.3 Å². The Hall–Kier alpha value is -3.73. The maximum absolute atomic E-state index is 11.2. The lowest BCUT2D eigenvalue weighted by Gasteiger charge is -2.15. The number of benzene rings is 3. The summed E-state index contributed by atoms with van der Waals surface area (Å²) >= 11 is 1.72. The van der Waals surface area contributed by atoms with Gasteiger partial charge in [-0.15, -0.1) is 11.8 Å². The number of hydrogen-bond acceptors (Lipinski definition) is 6. The molecule has 0 unspecified atom stereocenters. The number of rotatable bonds is 20. The van der Waals surface area contributed by atoms with Gasteiger partial charge in [0.15, 0.2) is 0 Å². The topological polar surface area (TPSA) is 165 Å². The van der Waals surface area contributed by atoms with Crippen molar-refractivity contribution in [2.24, 2.45) is 0 Å². The van der Waals surface area contributed by atoms with E-state index in [2.05, 4.69) is 36.6 Å². The third-order valence-corrected chi connectivity index (χ3v) is 7.58. The highest BCUT2D eigenvalue weighted by atomic mass is 32.2. The lowest BCUT2D eigenvalue weighted by Crippen LogP contribution is -2.07. The number of carboxylic acid groups (broad SMARTS) is 2. The van der Waals surface area contributed by atoms with Crippen LogP contribution in [0.5, 0.6) is 17.2 Å². The van der Waals surface area contributed by atoms with Crippen LogP contribution in [0.25, 0.3) is 11.1 Å². The summed E-state index contributed by atoms with van der Waals surface area (Å²) in [6.45, 7) is 3.46. The summed E-state index contributed by atoms with van der Waals surface area (Å²) in [5, 5.41) is 18.1. The zero-order valence-corrected chi connectivity index (χ0v) is 26.4. The smallest absolute Gasteiger partial charge is 0.303 e. The lowest BCUT2D eigenvalue weighted by atomic mass is 9.97. The predicted molar refractivity (Wildman–Crippen MR) is 174 cm³/mol. The van der Waals surface area contributed by atoms with Gasteiger partial charge in [0.1, 0.15) is 17.2 Å². The molecule has 0 aliphatic heterocycles. The van der Waals surface area contributed by atoms with Crippen LogP contribution in [0.2, 0.25) is 0 Å². The molecule has 0 aromatic heterocycles. The van der Waals surface area contributed by atoms with Crippen LogP contribution in [-0.2, 0) is 22.4 Å². The SMILES string of the molecule is CCOc1cc(OCCCCCCc2cccc(OCCCC(=O)O)c2CCC(=O)O)cc(-c2ccc(SC)cc2)c1.O.O. The van der Waals surface area contributed by atoms with Crippen LogP contribution in [0, 0.1) is 0 Å². The number of hydrogen-bond donors (Lipinski definition) is 2. The molecule has 0 amide bonds. The largest absolute Gasteiger partial charge is 0.494 e. The molecule has 0 bridgehead atoms. The van der Waals surface area contributed by atoms with E-state index in [0.29, 0.717) is 31.8 Å². The molecule has 242 valence electrons. The van der Waals surface area contributed by atoms with E-state index in [1.807, 2.05) is 37.3 Å². The summed E-state index contributed by atoms with van der Waals surface area (Å²) in [7, 11) is 0. The normalized spacial score (nSPS) is 10.3. The quantitative estimate of drug-likeness (QED) is 0.109.